The number of hydrogen-bond donors (Lipinski definition) is 2. The third-order valence-electron chi connectivity index (χ3n) is 5.72. The van der Waals surface area contributed by atoms with Crippen LogP contribution in [0.1, 0.15) is 36.5 Å². The molecule has 0 spiro atoms. The Morgan fingerprint density at radius 2 is 2.11 bits per heavy atom. The van der Waals surface area contributed by atoms with Crippen LogP contribution in [0.4, 0.5) is 11.5 Å². The molecule has 1 aromatic carbocycles. The number of likely N-dealkylation sites (tertiary alicyclic amines) is 1. The number of aliphatic imine (C=N–C) groups is 1. The molecular formula is C21H24N6. The van der Waals surface area contributed by atoms with Crippen molar-refractivity contribution in [2.75, 3.05) is 18.4 Å². The number of aromatic amines is 1. The molecule has 0 bridgehead atoms. The van der Waals surface area contributed by atoms with Crippen molar-refractivity contribution in [2.45, 2.75) is 32.9 Å². The normalized spacial score (nSPS) is 17.5. The number of nitrogens with one attached hydrogen (secondary N) is 2. The van der Waals surface area contributed by atoms with Gasteiger partial charge in [0.05, 0.1) is 11.9 Å². The van der Waals surface area contributed by atoms with Crippen LogP contribution in [-0.4, -0.2) is 39.2 Å². The van der Waals surface area contributed by atoms with E-state index in [1.807, 2.05) is 6.21 Å². The van der Waals surface area contributed by atoms with Gasteiger partial charge in [-0.05, 0) is 60.7 Å². The van der Waals surface area contributed by atoms with Gasteiger partial charge in [0, 0.05) is 24.6 Å². The van der Waals surface area contributed by atoms with Crippen LogP contribution >= 0.6 is 0 Å². The fourth-order valence-electron chi connectivity index (χ4n) is 4.02. The van der Waals surface area contributed by atoms with Gasteiger partial charge in [-0.3, -0.25) is 9.89 Å². The summed E-state index contributed by atoms with van der Waals surface area (Å²) < 4.78 is 0. The molecule has 2 N–H and O–H groups in total. The van der Waals surface area contributed by atoms with E-state index < -0.39 is 0 Å². The van der Waals surface area contributed by atoms with Crippen LogP contribution in [0.3, 0.4) is 0 Å². The standard InChI is InChI=1S/C21H24N6/c1-14-4-6-27(7-5-14)12-17-11-23-20-19(17)21(25-13-24-20)26-18-3-2-15-9-22-10-16(15)8-18/h2-3,8,10-11,13-14H,4-7,9,12H2,1H3,(H2,23,24,25,26). The van der Waals surface area contributed by atoms with Gasteiger partial charge in [0.2, 0.25) is 0 Å². The number of nitrogens with zero attached hydrogens (tertiary/aromatic N) is 4. The lowest BCUT2D eigenvalue weighted by Crippen LogP contribution is -2.32. The van der Waals surface area contributed by atoms with Gasteiger partial charge in [0.25, 0.3) is 0 Å². The molecule has 0 radical (unpaired) electrons. The predicted octanol–water partition coefficient (Wildman–Crippen LogP) is 3.87. The molecule has 1 saturated heterocycles. The largest absolute Gasteiger partial charge is 0.346 e. The van der Waals surface area contributed by atoms with Crippen molar-refractivity contribution < 1.29 is 0 Å². The number of rotatable bonds is 4. The first-order chi connectivity index (χ1) is 13.3. The minimum Gasteiger partial charge on any atom is -0.346 e. The quantitative estimate of drug-likeness (QED) is 0.741. The molecule has 1 fully saturated rings. The molecule has 6 heteroatoms. The van der Waals surface area contributed by atoms with E-state index in [4.69, 9.17) is 0 Å². The van der Waals surface area contributed by atoms with E-state index in [9.17, 15) is 0 Å². The average Bonchev–Trinajstić information content (AvgIpc) is 3.31. The van der Waals surface area contributed by atoms with Crippen LogP contribution < -0.4 is 5.32 Å². The highest BCUT2D eigenvalue weighted by Crippen LogP contribution is 2.29. The minimum absolute atomic E-state index is 0.782. The Morgan fingerprint density at radius 1 is 1.22 bits per heavy atom. The lowest BCUT2D eigenvalue weighted by atomic mass is 9.99. The molecule has 3 aromatic rings. The first-order valence-corrected chi connectivity index (χ1v) is 9.69. The molecular weight excluding hydrogens is 336 g/mol. The summed E-state index contributed by atoms with van der Waals surface area (Å²) >= 11 is 0. The van der Waals surface area contributed by atoms with Gasteiger partial charge in [-0.25, -0.2) is 9.97 Å². The average molecular weight is 360 g/mol. The second-order valence-electron chi connectivity index (χ2n) is 7.73. The van der Waals surface area contributed by atoms with Crippen LogP contribution in [0.25, 0.3) is 11.0 Å². The molecule has 0 saturated carbocycles. The molecule has 27 heavy (non-hydrogen) atoms. The fourth-order valence-corrected chi connectivity index (χ4v) is 4.02. The molecule has 2 aliphatic heterocycles. The van der Waals surface area contributed by atoms with Gasteiger partial charge < -0.3 is 10.3 Å². The smallest absolute Gasteiger partial charge is 0.143 e. The van der Waals surface area contributed by atoms with E-state index in [0.717, 1.165) is 54.6 Å². The SMILES string of the molecule is CC1CCN(Cc2c[nH]c3ncnc(Nc4ccc5c(c4)C=NC5)c23)CC1. The Morgan fingerprint density at radius 3 is 3.00 bits per heavy atom. The molecule has 2 aliphatic rings. The van der Waals surface area contributed by atoms with Crippen molar-refractivity contribution in [3.8, 4) is 0 Å². The van der Waals surface area contributed by atoms with Crippen molar-refractivity contribution in [1.29, 1.82) is 0 Å². The molecule has 0 amide bonds. The lowest BCUT2D eigenvalue weighted by Gasteiger charge is -2.30. The van der Waals surface area contributed by atoms with Crippen molar-refractivity contribution in [2.24, 2.45) is 10.9 Å². The summed E-state index contributed by atoms with van der Waals surface area (Å²) in [6.45, 7) is 6.39. The van der Waals surface area contributed by atoms with Gasteiger partial charge >= 0.3 is 0 Å². The molecule has 4 heterocycles. The molecule has 0 unspecified atom stereocenters. The Balaban J connectivity index is 1.44. The van der Waals surface area contributed by atoms with Crippen LogP contribution in [0.2, 0.25) is 0 Å². The van der Waals surface area contributed by atoms with E-state index >= 15 is 0 Å². The second kappa shape index (κ2) is 6.78. The number of hydrogen-bond acceptors (Lipinski definition) is 5. The Kier molecular flexibility index (Phi) is 4.13. The summed E-state index contributed by atoms with van der Waals surface area (Å²) in [7, 11) is 0. The molecule has 0 aliphatic carbocycles. The highest BCUT2D eigenvalue weighted by Gasteiger charge is 2.19. The molecule has 2 aromatic heterocycles. The molecule has 0 atom stereocenters. The summed E-state index contributed by atoms with van der Waals surface area (Å²) in [5, 5.41) is 4.58. The fraction of sp³-hybridized carbons (Fsp3) is 0.381. The molecule has 6 nitrogen and oxygen atoms in total. The van der Waals surface area contributed by atoms with Crippen LogP contribution in [0.5, 0.6) is 0 Å². The monoisotopic (exact) mass is 360 g/mol. The zero-order chi connectivity index (χ0) is 18.2. The zero-order valence-electron chi connectivity index (χ0n) is 15.6. The maximum Gasteiger partial charge on any atom is 0.143 e. The van der Waals surface area contributed by atoms with Crippen molar-refractivity contribution in [1.82, 2.24) is 19.9 Å². The topological polar surface area (TPSA) is 69.2 Å². The summed E-state index contributed by atoms with van der Waals surface area (Å²) in [5.41, 5.74) is 5.62. The third kappa shape index (κ3) is 3.21. The summed E-state index contributed by atoms with van der Waals surface area (Å²) in [6.07, 6.45) is 8.19. The Hall–Kier alpha value is -2.73. The third-order valence-corrected chi connectivity index (χ3v) is 5.72. The summed E-state index contributed by atoms with van der Waals surface area (Å²) in [6, 6.07) is 6.37. The Labute approximate surface area is 158 Å². The van der Waals surface area contributed by atoms with Crippen LogP contribution in [-0.2, 0) is 13.1 Å². The van der Waals surface area contributed by atoms with Crippen LogP contribution in [0, 0.1) is 5.92 Å². The van der Waals surface area contributed by atoms with Crippen molar-refractivity contribution >= 4 is 28.8 Å². The number of piperidine rings is 1. The van der Waals surface area contributed by atoms with Crippen molar-refractivity contribution in [3.63, 3.8) is 0 Å². The Bertz CT molecular complexity index is 997. The van der Waals surface area contributed by atoms with E-state index in [1.54, 1.807) is 6.33 Å². The zero-order valence-corrected chi connectivity index (χ0v) is 15.6. The van der Waals surface area contributed by atoms with E-state index in [0.29, 0.717) is 0 Å². The summed E-state index contributed by atoms with van der Waals surface area (Å²) in [4.78, 5) is 19.1. The van der Waals surface area contributed by atoms with Crippen molar-refractivity contribution in [3.05, 3.63) is 47.4 Å². The van der Waals surface area contributed by atoms with Gasteiger partial charge in [0.1, 0.15) is 17.8 Å². The van der Waals surface area contributed by atoms with E-state index in [1.165, 1.54) is 29.5 Å². The van der Waals surface area contributed by atoms with Gasteiger partial charge in [-0.1, -0.05) is 13.0 Å². The number of H-pyrrole nitrogens is 1. The maximum absolute atomic E-state index is 4.54. The molecule has 5 rings (SSSR count). The number of anilines is 2. The highest BCUT2D eigenvalue weighted by molar-refractivity contribution is 5.93. The first-order valence-electron chi connectivity index (χ1n) is 9.69. The van der Waals surface area contributed by atoms with Gasteiger partial charge in [-0.15, -0.1) is 0 Å². The highest BCUT2D eigenvalue weighted by atomic mass is 15.1. The first kappa shape index (κ1) is 16.4. The number of aromatic nitrogens is 3. The maximum atomic E-state index is 4.54. The summed E-state index contributed by atoms with van der Waals surface area (Å²) in [5.74, 6) is 1.70. The molecule has 138 valence electrons. The number of fused-ring (bicyclic) bond motifs is 2. The van der Waals surface area contributed by atoms with E-state index in [-0.39, 0.29) is 0 Å². The van der Waals surface area contributed by atoms with E-state index in [2.05, 4.69) is 61.5 Å². The predicted molar refractivity (Wildman–Crippen MR) is 109 cm³/mol. The minimum atomic E-state index is 0.782. The number of benzene rings is 1. The lowest BCUT2D eigenvalue weighted by molar-refractivity contribution is 0.186. The van der Waals surface area contributed by atoms with Gasteiger partial charge in [0.15, 0.2) is 0 Å². The van der Waals surface area contributed by atoms with Gasteiger partial charge in [-0.2, -0.15) is 0 Å². The second-order valence-corrected chi connectivity index (χ2v) is 7.73. The van der Waals surface area contributed by atoms with Crippen LogP contribution in [0.15, 0.2) is 35.7 Å².